The topological polar surface area (TPSA) is 46.5 Å². The average Bonchev–Trinajstić information content (AvgIpc) is 2.86. The number of carbonyl (C=O) groups is 1. The third kappa shape index (κ3) is 3.00. The van der Waals surface area contributed by atoms with Crippen LogP contribution < -0.4 is 4.74 Å². The molecule has 3 nitrogen and oxygen atoms in total. The van der Waals surface area contributed by atoms with Crippen LogP contribution in [0.1, 0.15) is 38.2 Å². The highest BCUT2D eigenvalue weighted by Crippen LogP contribution is 2.46. The minimum absolute atomic E-state index is 0.537. The number of hydrogen-bond acceptors (Lipinski definition) is 2. The third-order valence-corrected chi connectivity index (χ3v) is 5.30. The lowest BCUT2D eigenvalue weighted by molar-refractivity contribution is -0.148. The predicted molar refractivity (Wildman–Crippen MR) is 82.1 cm³/mol. The van der Waals surface area contributed by atoms with Crippen molar-refractivity contribution in [1.29, 1.82) is 0 Å². The zero-order valence-electron chi connectivity index (χ0n) is 12.0. The molecule has 2 unspecified atom stereocenters. The fourth-order valence-electron chi connectivity index (χ4n) is 3.19. The summed E-state index contributed by atoms with van der Waals surface area (Å²) in [6, 6.07) is 5.74. The van der Waals surface area contributed by atoms with E-state index in [4.69, 9.17) is 4.74 Å². The lowest BCUT2D eigenvalue weighted by Gasteiger charge is -2.25. The van der Waals surface area contributed by atoms with Crippen molar-refractivity contribution in [1.82, 2.24) is 0 Å². The molecular weight excluding hydrogens is 320 g/mol. The van der Waals surface area contributed by atoms with Crippen molar-refractivity contribution < 1.29 is 14.6 Å². The van der Waals surface area contributed by atoms with Gasteiger partial charge in [0.25, 0.3) is 0 Å². The van der Waals surface area contributed by atoms with Crippen LogP contribution in [0.2, 0.25) is 0 Å². The van der Waals surface area contributed by atoms with E-state index in [1.165, 1.54) is 0 Å². The molecule has 1 aromatic carbocycles. The second-order valence-corrected chi connectivity index (χ2v) is 6.59. The molecule has 4 heteroatoms. The SMILES string of the molecule is CCC1CCC(Cc2cc(OC)ccc2Br)(C(=O)O)C1. The summed E-state index contributed by atoms with van der Waals surface area (Å²) >= 11 is 3.52. The van der Waals surface area contributed by atoms with Gasteiger partial charge in [0.05, 0.1) is 12.5 Å². The van der Waals surface area contributed by atoms with Crippen LogP contribution in [-0.2, 0) is 11.2 Å². The summed E-state index contributed by atoms with van der Waals surface area (Å²) in [5.41, 5.74) is 0.402. The van der Waals surface area contributed by atoms with E-state index in [2.05, 4.69) is 22.9 Å². The Morgan fingerprint density at radius 3 is 2.85 bits per heavy atom. The summed E-state index contributed by atoms with van der Waals surface area (Å²) in [6.07, 6.45) is 4.20. The molecule has 0 aliphatic heterocycles. The Balaban J connectivity index is 2.28. The molecule has 0 bridgehead atoms. The van der Waals surface area contributed by atoms with Gasteiger partial charge in [0.15, 0.2) is 0 Å². The van der Waals surface area contributed by atoms with Crippen molar-refractivity contribution in [2.45, 2.75) is 39.0 Å². The summed E-state index contributed by atoms with van der Waals surface area (Å²) in [5.74, 6) is 0.646. The maximum atomic E-state index is 11.8. The van der Waals surface area contributed by atoms with Gasteiger partial charge in [-0.2, -0.15) is 0 Å². The van der Waals surface area contributed by atoms with E-state index in [0.29, 0.717) is 12.3 Å². The number of carboxylic acids is 1. The molecular formula is C16H21BrO3. The van der Waals surface area contributed by atoms with Gasteiger partial charge in [-0.1, -0.05) is 29.3 Å². The smallest absolute Gasteiger partial charge is 0.309 e. The number of hydrogen-bond donors (Lipinski definition) is 1. The minimum Gasteiger partial charge on any atom is -0.497 e. The third-order valence-electron chi connectivity index (χ3n) is 4.52. The lowest BCUT2D eigenvalue weighted by atomic mass is 9.79. The Labute approximate surface area is 128 Å². The first kappa shape index (κ1) is 15.4. The Kier molecular flexibility index (Phi) is 4.74. The van der Waals surface area contributed by atoms with Crippen LogP contribution in [-0.4, -0.2) is 18.2 Å². The fourth-order valence-corrected chi connectivity index (χ4v) is 3.58. The molecule has 1 N–H and O–H groups in total. The van der Waals surface area contributed by atoms with E-state index in [9.17, 15) is 9.90 Å². The molecule has 1 aromatic rings. The highest BCUT2D eigenvalue weighted by Gasteiger charge is 2.45. The number of halogens is 1. The van der Waals surface area contributed by atoms with E-state index in [-0.39, 0.29) is 0 Å². The van der Waals surface area contributed by atoms with E-state index >= 15 is 0 Å². The molecule has 1 aliphatic rings. The van der Waals surface area contributed by atoms with Gasteiger partial charge in [-0.05, 0) is 55.4 Å². The van der Waals surface area contributed by atoms with Gasteiger partial charge in [0.2, 0.25) is 0 Å². The quantitative estimate of drug-likeness (QED) is 0.869. The number of rotatable bonds is 5. The Morgan fingerprint density at radius 1 is 1.55 bits per heavy atom. The molecule has 1 fully saturated rings. The molecule has 20 heavy (non-hydrogen) atoms. The summed E-state index contributed by atoms with van der Waals surface area (Å²) in [4.78, 5) is 11.8. The van der Waals surface area contributed by atoms with Crippen molar-refractivity contribution in [2.75, 3.05) is 7.11 Å². The Morgan fingerprint density at radius 2 is 2.30 bits per heavy atom. The van der Waals surface area contributed by atoms with Gasteiger partial charge in [0, 0.05) is 4.47 Å². The lowest BCUT2D eigenvalue weighted by Crippen LogP contribution is -2.31. The van der Waals surface area contributed by atoms with Gasteiger partial charge in [-0.3, -0.25) is 4.79 Å². The van der Waals surface area contributed by atoms with Crippen LogP contribution >= 0.6 is 15.9 Å². The van der Waals surface area contributed by atoms with Crippen LogP contribution in [0.3, 0.4) is 0 Å². The zero-order chi connectivity index (χ0) is 14.8. The minimum atomic E-state index is -0.664. The molecule has 0 aromatic heterocycles. The molecule has 0 heterocycles. The van der Waals surface area contributed by atoms with E-state index < -0.39 is 11.4 Å². The average molecular weight is 341 g/mol. The highest BCUT2D eigenvalue weighted by atomic mass is 79.9. The number of carboxylic acid groups (broad SMARTS) is 1. The summed E-state index contributed by atoms with van der Waals surface area (Å²) in [7, 11) is 1.63. The van der Waals surface area contributed by atoms with E-state index in [0.717, 1.165) is 41.5 Å². The molecule has 2 rings (SSSR count). The number of methoxy groups -OCH3 is 1. The normalized spacial score (nSPS) is 25.6. The van der Waals surface area contributed by atoms with Gasteiger partial charge in [0.1, 0.15) is 5.75 Å². The predicted octanol–water partition coefficient (Wildman–Crippen LogP) is 4.28. The number of ether oxygens (including phenoxy) is 1. The standard InChI is InChI=1S/C16H21BrO3/c1-3-11-6-7-16(9-11,15(18)19)10-12-8-13(20-2)4-5-14(12)17/h4-5,8,11H,3,6-7,9-10H2,1-2H3,(H,18,19). The first-order chi connectivity index (χ1) is 9.50. The number of benzene rings is 1. The van der Waals surface area contributed by atoms with Crippen molar-refractivity contribution in [2.24, 2.45) is 11.3 Å². The number of aliphatic carboxylic acids is 1. The van der Waals surface area contributed by atoms with Crippen LogP contribution in [0.25, 0.3) is 0 Å². The fraction of sp³-hybridized carbons (Fsp3) is 0.562. The van der Waals surface area contributed by atoms with Crippen molar-refractivity contribution in [3.63, 3.8) is 0 Å². The Bertz CT molecular complexity index is 500. The maximum absolute atomic E-state index is 11.8. The molecule has 110 valence electrons. The molecule has 0 radical (unpaired) electrons. The molecule has 0 saturated heterocycles. The van der Waals surface area contributed by atoms with Crippen LogP contribution in [0.4, 0.5) is 0 Å². The first-order valence-corrected chi connectivity index (χ1v) is 7.86. The van der Waals surface area contributed by atoms with Crippen LogP contribution in [0, 0.1) is 11.3 Å². The maximum Gasteiger partial charge on any atom is 0.309 e. The van der Waals surface area contributed by atoms with Crippen molar-refractivity contribution in [3.8, 4) is 5.75 Å². The molecule has 0 amide bonds. The summed E-state index contributed by atoms with van der Waals surface area (Å²) in [5, 5.41) is 9.71. The van der Waals surface area contributed by atoms with E-state index in [1.807, 2.05) is 18.2 Å². The Hall–Kier alpha value is -1.03. The van der Waals surface area contributed by atoms with Crippen molar-refractivity contribution in [3.05, 3.63) is 28.2 Å². The monoisotopic (exact) mass is 340 g/mol. The highest BCUT2D eigenvalue weighted by molar-refractivity contribution is 9.10. The molecule has 2 atom stereocenters. The molecule has 1 aliphatic carbocycles. The van der Waals surface area contributed by atoms with Gasteiger partial charge in [-0.15, -0.1) is 0 Å². The summed E-state index contributed by atoms with van der Waals surface area (Å²) in [6.45, 7) is 2.14. The molecule has 1 saturated carbocycles. The summed E-state index contributed by atoms with van der Waals surface area (Å²) < 4.78 is 6.20. The molecule has 0 spiro atoms. The second-order valence-electron chi connectivity index (χ2n) is 5.74. The zero-order valence-corrected chi connectivity index (χ0v) is 13.6. The first-order valence-electron chi connectivity index (χ1n) is 7.06. The van der Waals surface area contributed by atoms with Crippen molar-refractivity contribution >= 4 is 21.9 Å². The van der Waals surface area contributed by atoms with Gasteiger partial charge >= 0.3 is 5.97 Å². The van der Waals surface area contributed by atoms with Gasteiger partial charge in [-0.25, -0.2) is 0 Å². The second kappa shape index (κ2) is 6.17. The largest absolute Gasteiger partial charge is 0.497 e. The van der Waals surface area contributed by atoms with Crippen LogP contribution in [0.5, 0.6) is 5.75 Å². The van der Waals surface area contributed by atoms with Crippen LogP contribution in [0.15, 0.2) is 22.7 Å². The van der Waals surface area contributed by atoms with E-state index in [1.54, 1.807) is 7.11 Å². The van der Waals surface area contributed by atoms with Gasteiger partial charge < -0.3 is 9.84 Å².